The minimum atomic E-state index is -1.13. The Balaban J connectivity index is 2.98. The number of nitrogens with zero attached hydrogens (tertiary/aromatic N) is 1. The van der Waals surface area contributed by atoms with Crippen LogP contribution in [0.25, 0.3) is 0 Å². The van der Waals surface area contributed by atoms with Gasteiger partial charge in [-0.1, -0.05) is 0 Å². The third-order valence-electron chi connectivity index (χ3n) is 3.44. The van der Waals surface area contributed by atoms with E-state index in [1.54, 1.807) is 0 Å². The molecule has 1 unspecified atom stereocenters. The summed E-state index contributed by atoms with van der Waals surface area (Å²) in [5.41, 5.74) is 0.155. The number of carboxylic acids is 1. The molecule has 1 aliphatic heterocycles. The molecule has 0 aromatic rings. The fraction of sp³-hybridized carbons (Fsp3) is 0.615. The van der Waals surface area contributed by atoms with Gasteiger partial charge in [0, 0.05) is 17.7 Å². The summed E-state index contributed by atoms with van der Waals surface area (Å²) in [6, 6.07) is -0.609. The van der Waals surface area contributed by atoms with E-state index in [2.05, 4.69) is 0 Å². The van der Waals surface area contributed by atoms with E-state index < -0.39 is 23.9 Å². The van der Waals surface area contributed by atoms with Gasteiger partial charge in [0.05, 0.1) is 7.11 Å². The molecule has 19 heavy (non-hydrogen) atoms. The van der Waals surface area contributed by atoms with Crippen LogP contribution in [0, 0.1) is 0 Å². The van der Waals surface area contributed by atoms with Crippen LogP contribution in [0.15, 0.2) is 11.1 Å². The largest absolute Gasteiger partial charge is 0.478 e. The third-order valence-corrected chi connectivity index (χ3v) is 3.44. The number of carbonyl (C=O) groups excluding carboxylic acids is 2. The number of rotatable bonds is 3. The molecule has 1 heterocycles. The molecular formula is C13H19NO5. The van der Waals surface area contributed by atoms with Gasteiger partial charge < -0.3 is 14.7 Å². The molecule has 0 spiro atoms. The van der Waals surface area contributed by atoms with Crippen molar-refractivity contribution < 1.29 is 24.2 Å². The zero-order valence-corrected chi connectivity index (χ0v) is 11.4. The molecule has 0 aromatic heterocycles. The summed E-state index contributed by atoms with van der Waals surface area (Å²) in [7, 11) is 1.28. The molecule has 0 aliphatic carbocycles. The monoisotopic (exact) mass is 269 g/mol. The molecule has 6 nitrogen and oxygen atoms in total. The van der Waals surface area contributed by atoms with Gasteiger partial charge in [0.1, 0.15) is 6.04 Å². The number of amides is 1. The van der Waals surface area contributed by atoms with Gasteiger partial charge in [0.2, 0.25) is 0 Å². The number of hydrogen-bond donors (Lipinski definition) is 1. The van der Waals surface area contributed by atoms with Crippen molar-refractivity contribution in [2.24, 2.45) is 0 Å². The Hall–Kier alpha value is -1.85. The van der Waals surface area contributed by atoms with E-state index >= 15 is 0 Å². The summed E-state index contributed by atoms with van der Waals surface area (Å²) in [6.07, 6.45) is 2.21. The molecular weight excluding hydrogens is 250 g/mol. The predicted octanol–water partition coefficient (Wildman–Crippen LogP) is 0.962. The minimum Gasteiger partial charge on any atom is -0.478 e. The van der Waals surface area contributed by atoms with Gasteiger partial charge in [-0.15, -0.1) is 0 Å². The summed E-state index contributed by atoms with van der Waals surface area (Å²) in [5.74, 6) is -1.98. The van der Waals surface area contributed by atoms with Crippen LogP contribution in [-0.2, 0) is 19.1 Å². The molecule has 6 heteroatoms. The maximum Gasteiger partial charge on any atom is 0.331 e. The van der Waals surface area contributed by atoms with Gasteiger partial charge in [0.15, 0.2) is 0 Å². The Morgan fingerprint density at radius 1 is 1.16 bits per heavy atom. The fourth-order valence-electron chi connectivity index (χ4n) is 2.09. The van der Waals surface area contributed by atoms with Gasteiger partial charge in [-0.05, 0) is 33.1 Å². The average molecular weight is 269 g/mol. The molecule has 1 saturated heterocycles. The number of carbonyl (C=O) groups is 3. The van der Waals surface area contributed by atoms with Crippen LogP contribution in [0.5, 0.6) is 0 Å². The summed E-state index contributed by atoms with van der Waals surface area (Å²) in [6.45, 7) is 3.30. The third kappa shape index (κ3) is 3.33. The van der Waals surface area contributed by atoms with Gasteiger partial charge in [-0.3, -0.25) is 4.79 Å². The SMILES string of the molecule is COC(=O)C1CCCCN1C(=O)C(C)=C(C)C(=O)O. The van der Waals surface area contributed by atoms with Crippen LogP contribution < -0.4 is 0 Å². The lowest BCUT2D eigenvalue weighted by molar-refractivity contribution is -0.153. The molecule has 1 amide bonds. The lowest BCUT2D eigenvalue weighted by atomic mass is 10.00. The predicted molar refractivity (Wildman–Crippen MR) is 67.4 cm³/mol. The number of piperidine rings is 1. The highest BCUT2D eigenvalue weighted by molar-refractivity contribution is 6.02. The highest BCUT2D eigenvalue weighted by atomic mass is 16.5. The van der Waals surface area contributed by atoms with Gasteiger partial charge in [-0.25, -0.2) is 9.59 Å². The van der Waals surface area contributed by atoms with Gasteiger partial charge in [0.25, 0.3) is 5.91 Å². The Kier molecular flexibility index (Phi) is 5.09. The number of likely N-dealkylation sites (tertiary alicyclic amines) is 1. The smallest absolute Gasteiger partial charge is 0.331 e. The van der Waals surface area contributed by atoms with Crippen molar-refractivity contribution in [1.29, 1.82) is 0 Å². The van der Waals surface area contributed by atoms with Crippen LogP contribution in [0.1, 0.15) is 33.1 Å². The van der Waals surface area contributed by atoms with Crippen LogP contribution in [0.4, 0.5) is 0 Å². The van der Waals surface area contributed by atoms with Crippen molar-refractivity contribution in [2.75, 3.05) is 13.7 Å². The van der Waals surface area contributed by atoms with Crippen molar-refractivity contribution in [3.8, 4) is 0 Å². The highest BCUT2D eigenvalue weighted by Gasteiger charge is 2.33. The molecule has 1 atom stereocenters. The minimum absolute atomic E-state index is 0.000751. The molecule has 1 fully saturated rings. The lowest BCUT2D eigenvalue weighted by Gasteiger charge is -2.34. The topological polar surface area (TPSA) is 83.9 Å². The molecule has 1 rings (SSSR count). The van der Waals surface area contributed by atoms with Crippen LogP contribution >= 0.6 is 0 Å². The first-order chi connectivity index (χ1) is 8.90. The normalized spacial score (nSPS) is 20.6. The van der Waals surface area contributed by atoms with E-state index in [0.29, 0.717) is 13.0 Å². The maximum atomic E-state index is 12.3. The Labute approximate surface area is 112 Å². The van der Waals surface area contributed by atoms with E-state index in [1.807, 2.05) is 0 Å². The van der Waals surface area contributed by atoms with E-state index in [4.69, 9.17) is 9.84 Å². The quantitative estimate of drug-likeness (QED) is 0.609. The van der Waals surface area contributed by atoms with Crippen molar-refractivity contribution >= 4 is 17.8 Å². The standard InChI is InChI=1S/C13H19NO5/c1-8(9(2)12(16)17)11(15)14-7-5-4-6-10(14)13(18)19-3/h10H,4-7H2,1-3H3,(H,16,17). The second-order valence-corrected chi connectivity index (χ2v) is 4.59. The van der Waals surface area contributed by atoms with Crippen molar-refractivity contribution in [2.45, 2.75) is 39.2 Å². The summed E-state index contributed by atoms with van der Waals surface area (Å²) >= 11 is 0. The van der Waals surface area contributed by atoms with Gasteiger partial charge in [-0.2, -0.15) is 0 Å². The fourth-order valence-corrected chi connectivity index (χ4v) is 2.09. The second kappa shape index (κ2) is 6.36. The number of esters is 1. The van der Waals surface area contributed by atoms with Crippen LogP contribution in [0.2, 0.25) is 0 Å². The van der Waals surface area contributed by atoms with E-state index in [9.17, 15) is 14.4 Å². The molecule has 0 radical (unpaired) electrons. The van der Waals surface area contributed by atoms with Crippen molar-refractivity contribution in [1.82, 2.24) is 4.90 Å². The average Bonchev–Trinajstić information content (AvgIpc) is 2.43. The highest BCUT2D eigenvalue weighted by Crippen LogP contribution is 2.21. The molecule has 106 valence electrons. The number of ether oxygens (including phenoxy) is 1. The van der Waals surface area contributed by atoms with Crippen molar-refractivity contribution in [3.05, 3.63) is 11.1 Å². The summed E-state index contributed by atoms with van der Waals surface area (Å²) in [4.78, 5) is 36.2. The Bertz CT molecular complexity index is 427. The summed E-state index contributed by atoms with van der Waals surface area (Å²) in [5, 5.41) is 8.90. The van der Waals surface area contributed by atoms with E-state index in [1.165, 1.54) is 25.9 Å². The first kappa shape index (κ1) is 15.2. The zero-order valence-electron chi connectivity index (χ0n) is 11.4. The first-order valence-corrected chi connectivity index (χ1v) is 6.19. The Morgan fingerprint density at radius 3 is 2.32 bits per heavy atom. The van der Waals surface area contributed by atoms with E-state index in [-0.39, 0.29) is 11.1 Å². The number of aliphatic carboxylic acids is 1. The number of methoxy groups -OCH3 is 1. The number of carboxylic acid groups (broad SMARTS) is 1. The first-order valence-electron chi connectivity index (χ1n) is 6.19. The molecule has 1 N–H and O–H groups in total. The van der Waals surface area contributed by atoms with Crippen LogP contribution in [-0.4, -0.2) is 47.5 Å². The number of hydrogen-bond acceptors (Lipinski definition) is 4. The Morgan fingerprint density at radius 2 is 1.79 bits per heavy atom. The lowest BCUT2D eigenvalue weighted by Crippen LogP contribution is -2.49. The second-order valence-electron chi connectivity index (χ2n) is 4.59. The molecule has 0 bridgehead atoms. The molecule has 0 aromatic carbocycles. The maximum absolute atomic E-state index is 12.3. The van der Waals surface area contributed by atoms with E-state index in [0.717, 1.165) is 12.8 Å². The molecule has 0 saturated carbocycles. The van der Waals surface area contributed by atoms with Crippen LogP contribution in [0.3, 0.4) is 0 Å². The zero-order chi connectivity index (χ0) is 14.6. The molecule has 1 aliphatic rings. The van der Waals surface area contributed by atoms with Crippen molar-refractivity contribution in [3.63, 3.8) is 0 Å². The summed E-state index contributed by atoms with van der Waals surface area (Å²) < 4.78 is 4.69. The van der Waals surface area contributed by atoms with Gasteiger partial charge >= 0.3 is 11.9 Å².